The van der Waals surface area contributed by atoms with Gasteiger partial charge in [0.15, 0.2) is 0 Å². The Kier molecular flexibility index (Phi) is 3.71. The third-order valence-corrected chi connectivity index (χ3v) is 3.69. The van der Waals surface area contributed by atoms with Crippen molar-refractivity contribution < 1.29 is 9.53 Å². The molecule has 1 aromatic rings. The average molecular weight is 251 g/mol. The van der Waals surface area contributed by atoms with Crippen molar-refractivity contribution in [2.75, 3.05) is 13.7 Å². The minimum absolute atomic E-state index is 0.0807. The van der Waals surface area contributed by atoms with Crippen molar-refractivity contribution in [2.45, 2.75) is 39.2 Å². The van der Waals surface area contributed by atoms with Gasteiger partial charge in [0.1, 0.15) is 5.82 Å². The third-order valence-electron chi connectivity index (χ3n) is 3.69. The highest BCUT2D eigenvalue weighted by atomic mass is 16.5. The van der Waals surface area contributed by atoms with Crippen LogP contribution in [0.1, 0.15) is 43.7 Å². The van der Waals surface area contributed by atoms with Gasteiger partial charge in [-0.3, -0.25) is 4.79 Å². The van der Waals surface area contributed by atoms with E-state index in [1.165, 1.54) is 0 Å². The van der Waals surface area contributed by atoms with E-state index in [0.29, 0.717) is 6.61 Å². The molecule has 0 aliphatic heterocycles. The summed E-state index contributed by atoms with van der Waals surface area (Å²) < 4.78 is 5.18. The van der Waals surface area contributed by atoms with Crippen molar-refractivity contribution in [1.29, 1.82) is 0 Å². The van der Waals surface area contributed by atoms with Crippen LogP contribution >= 0.6 is 0 Å². The van der Waals surface area contributed by atoms with Gasteiger partial charge in [0.25, 0.3) is 0 Å². The predicted octanol–water partition coefficient (Wildman–Crippen LogP) is 1.71. The van der Waals surface area contributed by atoms with Crippen LogP contribution in [0.5, 0.6) is 0 Å². The largest absolute Gasteiger partial charge is 0.384 e. The summed E-state index contributed by atoms with van der Waals surface area (Å²) in [5.41, 5.74) is 0.686. The molecule has 100 valence electrons. The van der Waals surface area contributed by atoms with E-state index < -0.39 is 0 Å². The zero-order valence-corrected chi connectivity index (χ0v) is 11.2. The van der Waals surface area contributed by atoms with Crippen molar-refractivity contribution in [3.05, 3.63) is 17.7 Å². The van der Waals surface area contributed by atoms with E-state index in [2.05, 4.69) is 15.3 Å². The van der Waals surface area contributed by atoms with Gasteiger partial charge in [0, 0.05) is 19.0 Å². The van der Waals surface area contributed by atoms with Crippen LogP contribution in [0.2, 0.25) is 0 Å². The van der Waals surface area contributed by atoms with Gasteiger partial charge in [-0.1, -0.05) is 6.42 Å². The van der Waals surface area contributed by atoms with Crippen molar-refractivity contribution >= 4 is 5.91 Å². The van der Waals surface area contributed by atoms with Crippen LogP contribution in [0.4, 0.5) is 0 Å². The van der Waals surface area contributed by atoms with Crippen molar-refractivity contribution in [2.24, 2.45) is 5.41 Å². The number of carbonyl (C=O) groups excluding carboxylic acids is 1. The summed E-state index contributed by atoms with van der Waals surface area (Å²) in [4.78, 5) is 19.7. The maximum absolute atomic E-state index is 12.3. The number of hydrogen-bond acceptors (Lipinski definition) is 3. The highest BCUT2D eigenvalue weighted by molar-refractivity contribution is 5.84. The molecule has 1 unspecified atom stereocenters. The van der Waals surface area contributed by atoms with Gasteiger partial charge in [-0.25, -0.2) is 4.98 Å². The minimum Gasteiger partial charge on any atom is -0.384 e. The molecule has 1 fully saturated rings. The zero-order valence-electron chi connectivity index (χ0n) is 11.2. The SMILES string of the molecule is COCC1(C(=O)NC(C)c2ncc(C)[nH]2)CCC1. The normalized spacial score (nSPS) is 19.1. The summed E-state index contributed by atoms with van der Waals surface area (Å²) in [5, 5.41) is 3.02. The fourth-order valence-corrected chi connectivity index (χ4v) is 2.39. The second kappa shape index (κ2) is 5.10. The van der Waals surface area contributed by atoms with E-state index in [4.69, 9.17) is 4.74 Å². The van der Waals surface area contributed by atoms with Crippen molar-refractivity contribution in [3.8, 4) is 0 Å². The van der Waals surface area contributed by atoms with E-state index in [1.54, 1.807) is 13.3 Å². The van der Waals surface area contributed by atoms with Crippen LogP contribution in [-0.4, -0.2) is 29.6 Å². The van der Waals surface area contributed by atoms with E-state index >= 15 is 0 Å². The predicted molar refractivity (Wildman–Crippen MR) is 68.0 cm³/mol. The van der Waals surface area contributed by atoms with Crippen LogP contribution in [0.3, 0.4) is 0 Å². The molecule has 1 aliphatic carbocycles. The Balaban J connectivity index is 1.98. The maximum atomic E-state index is 12.3. The fraction of sp³-hybridized carbons (Fsp3) is 0.692. The number of aryl methyl sites for hydroxylation is 1. The molecule has 1 amide bonds. The highest BCUT2D eigenvalue weighted by Gasteiger charge is 2.44. The van der Waals surface area contributed by atoms with Crippen LogP contribution < -0.4 is 5.32 Å². The lowest BCUT2D eigenvalue weighted by atomic mass is 9.68. The molecule has 0 radical (unpaired) electrons. The first kappa shape index (κ1) is 13.1. The smallest absolute Gasteiger partial charge is 0.229 e. The zero-order chi connectivity index (χ0) is 13.2. The molecule has 1 aromatic heterocycles. The second-order valence-corrected chi connectivity index (χ2v) is 5.21. The number of hydrogen-bond donors (Lipinski definition) is 2. The monoisotopic (exact) mass is 251 g/mol. The fourth-order valence-electron chi connectivity index (χ4n) is 2.39. The van der Waals surface area contributed by atoms with Crippen LogP contribution in [0.15, 0.2) is 6.20 Å². The first-order valence-corrected chi connectivity index (χ1v) is 6.39. The van der Waals surface area contributed by atoms with E-state index in [1.807, 2.05) is 13.8 Å². The Morgan fingerprint density at radius 2 is 2.39 bits per heavy atom. The first-order valence-electron chi connectivity index (χ1n) is 6.39. The number of ether oxygens (including phenoxy) is 1. The number of H-pyrrole nitrogens is 1. The lowest BCUT2D eigenvalue weighted by molar-refractivity contribution is -0.141. The number of nitrogens with one attached hydrogen (secondary N) is 2. The molecule has 18 heavy (non-hydrogen) atoms. The topological polar surface area (TPSA) is 67.0 Å². The molecule has 0 saturated heterocycles. The summed E-state index contributed by atoms with van der Waals surface area (Å²) in [6, 6.07) is -0.0967. The molecule has 5 nitrogen and oxygen atoms in total. The Morgan fingerprint density at radius 3 is 2.83 bits per heavy atom. The van der Waals surface area contributed by atoms with Crippen molar-refractivity contribution in [1.82, 2.24) is 15.3 Å². The number of methoxy groups -OCH3 is 1. The van der Waals surface area contributed by atoms with Crippen LogP contribution in [-0.2, 0) is 9.53 Å². The maximum Gasteiger partial charge on any atom is 0.229 e. The Morgan fingerprint density at radius 1 is 1.67 bits per heavy atom. The van der Waals surface area contributed by atoms with Gasteiger partial charge in [-0.2, -0.15) is 0 Å². The van der Waals surface area contributed by atoms with E-state index in [0.717, 1.165) is 30.8 Å². The third kappa shape index (κ3) is 2.41. The standard InChI is InChI=1S/C13H21N3O2/c1-9-7-14-11(15-9)10(2)16-12(17)13(8-18-3)5-4-6-13/h7,10H,4-6,8H2,1-3H3,(H,14,15)(H,16,17). The second-order valence-electron chi connectivity index (χ2n) is 5.21. The molecule has 0 spiro atoms. The van der Waals surface area contributed by atoms with E-state index in [-0.39, 0.29) is 17.4 Å². The van der Waals surface area contributed by atoms with Gasteiger partial charge in [0.2, 0.25) is 5.91 Å². The van der Waals surface area contributed by atoms with Gasteiger partial charge >= 0.3 is 0 Å². The van der Waals surface area contributed by atoms with Crippen molar-refractivity contribution in [3.63, 3.8) is 0 Å². The molecule has 1 aliphatic rings. The van der Waals surface area contributed by atoms with Gasteiger partial charge in [0.05, 0.1) is 18.1 Å². The minimum atomic E-state index is -0.315. The molecule has 2 rings (SSSR count). The molecule has 1 saturated carbocycles. The molecule has 0 aromatic carbocycles. The molecular formula is C13H21N3O2. The number of aromatic nitrogens is 2. The Hall–Kier alpha value is -1.36. The number of rotatable bonds is 5. The summed E-state index contributed by atoms with van der Waals surface area (Å²) in [5.74, 6) is 0.880. The number of amides is 1. The molecular weight excluding hydrogens is 230 g/mol. The summed E-state index contributed by atoms with van der Waals surface area (Å²) in [7, 11) is 1.65. The van der Waals surface area contributed by atoms with Crippen LogP contribution in [0, 0.1) is 12.3 Å². The average Bonchev–Trinajstić information content (AvgIpc) is 2.70. The summed E-state index contributed by atoms with van der Waals surface area (Å²) in [6.07, 6.45) is 4.70. The molecule has 2 N–H and O–H groups in total. The number of aromatic amines is 1. The lowest BCUT2D eigenvalue weighted by Gasteiger charge is -2.40. The number of nitrogens with zero attached hydrogens (tertiary/aromatic N) is 1. The lowest BCUT2D eigenvalue weighted by Crippen LogP contribution is -2.49. The first-order chi connectivity index (χ1) is 8.57. The van der Waals surface area contributed by atoms with Gasteiger partial charge in [-0.15, -0.1) is 0 Å². The van der Waals surface area contributed by atoms with E-state index in [9.17, 15) is 4.79 Å². The van der Waals surface area contributed by atoms with Gasteiger partial charge in [-0.05, 0) is 26.7 Å². The Bertz CT molecular complexity index is 424. The molecule has 5 heteroatoms. The molecule has 0 bridgehead atoms. The Labute approximate surface area is 107 Å². The van der Waals surface area contributed by atoms with Crippen LogP contribution in [0.25, 0.3) is 0 Å². The molecule has 1 heterocycles. The quantitative estimate of drug-likeness (QED) is 0.837. The highest BCUT2D eigenvalue weighted by Crippen LogP contribution is 2.41. The van der Waals surface area contributed by atoms with Gasteiger partial charge < -0.3 is 15.0 Å². The summed E-state index contributed by atoms with van der Waals surface area (Å²) >= 11 is 0. The number of carbonyl (C=O) groups is 1. The molecule has 1 atom stereocenters. The number of imidazole rings is 1. The summed E-state index contributed by atoms with van der Waals surface area (Å²) in [6.45, 7) is 4.39.